The van der Waals surface area contributed by atoms with E-state index in [9.17, 15) is 0 Å². The van der Waals surface area contributed by atoms with E-state index in [2.05, 4.69) is 15.5 Å². The lowest BCUT2D eigenvalue weighted by molar-refractivity contribution is 0.102. The van der Waals surface area contributed by atoms with Crippen LogP contribution < -0.4 is 5.32 Å². The summed E-state index contributed by atoms with van der Waals surface area (Å²) in [6.07, 6.45) is 0. The van der Waals surface area contributed by atoms with E-state index in [1.54, 1.807) is 18.3 Å². The molecule has 0 atom stereocenters. The van der Waals surface area contributed by atoms with Gasteiger partial charge in [-0.2, -0.15) is 16.3 Å². The standard InChI is InChI=1S/C11H15N3O3S/c1-11(6-15,7-16)12-4-9-13-10(17-14-9)8-2-3-18-5-8/h2-3,5,12,15-16H,4,6-7H2,1H3. The van der Waals surface area contributed by atoms with Gasteiger partial charge in [0.1, 0.15) is 0 Å². The number of nitrogens with one attached hydrogen (secondary N) is 1. The Kier molecular flexibility index (Phi) is 4.07. The van der Waals surface area contributed by atoms with Gasteiger partial charge in [0, 0.05) is 5.38 Å². The van der Waals surface area contributed by atoms with Crippen LogP contribution in [-0.4, -0.2) is 39.1 Å². The van der Waals surface area contributed by atoms with Crippen molar-refractivity contribution in [3.05, 3.63) is 22.7 Å². The maximum absolute atomic E-state index is 9.13. The van der Waals surface area contributed by atoms with Gasteiger partial charge in [0.15, 0.2) is 5.82 Å². The molecule has 0 unspecified atom stereocenters. The molecule has 0 bridgehead atoms. The summed E-state index contributed by atoms with van der Waals surface area (Å²) in [5, 5.41) is 29.0. The maximum atomic E-state index is 9.13. The van der Waals surface area contributed by atoms with Gasteiger partial charge in [-0.1, -0.05) is 5.16 Å². The monoisotopic (exact) mass is 269 g/mol. The zero-order valence-electron chi connectivity index (χ0n) is 9.96. The van der Waals surface area contributed by atoms with Crippen LogP contribution in [0.5, 0.6) is 0 Å². The lowest BCUT2D eigenvalue weighted by atomic mass is 10.1. The first-order chi connectivity index (χ1) is 8.67. The number of hydrogen-bond acceptors (Lipinski definition) is 7. The molecule has 18 heavy (non-hydrogen) atoms. The number of aliphatic hydroxyl groups is 2. The van der Waals surface area contributed by atoms with Crippen LogP contribution in [0.3, 0.4) is 0 Å². The molecule has 0 aromatic carbocycles. The fourth-order valence-corrected chi connectivity index (χ4v) is 1.91. The van der Waals surface area contributed by atoms with E-state index < -0.39 is 5.54 Å². The molecule has 2 aromatic rings. The molecule has 2 heterocycles. The molecule has 2 aromatic heterocycles. The van der Waals surface area contributed by atoms with Crippen molar-refractivity contribution in [1.29, 1.82) is 0 Å². The van der Waals surface area contributed by atoms with Crippen LogP contribution in [0.25, 0.3) is 11.5 Å². The normalized spacial score (nSPS) is 11.9. The van der Waals surface area contributed by atoms with E-state index in [0.717, 1.165) is 5.56 Å². The SMILES string of the molecule is CC(CO)(CO)NCc1noc(-c2ccsc2)n1. The lowest BCUT2D eigenvalue weighted by Crippen LogP contribution is -2.48. The molecular weight excluding hydrogens is 254 g/mol. The number of aliphatic hydroxyl groups excluding tert-OH is 2. The third-order valence-corrected chi connectivity index (χ3v) is 3.29. The summed E-state index contributed by atoms with van der Waals surface area (Å²) < 4.78 is 5.12. The van der Waals surface area contributed by atoms with Gasteiger partial charge in [-0.25, -0.2) is 0 Å². The number of aromatic nitrogens is 2. The molecule has 0 spiro atoms. The minimum absolute atomic E-state index is 0.168. The van der Waals surface area contributed by atoms with E-state index in [1.807, 2.05) is 16.8 Å². The summed E-state index contributed by atoms with van der Waals surface area (Å²) in [6, 6.07) is 1.90. The van der Waals surface area contributed by atoms with Crippen molar-refractivity contribution in [2.45, 2.75) is 19.0 Å². The minimum Gasteiger partial charge on any atom is -0.394 e. The molecule has 0 amide bonds. The topological polar surface area (TPSA) is 91.4 Å². The van der Waals surface area contributed by atoms with Crippen LogP contribution in [0.2, 0.25) is 0 Å². The molecule has 6 nitrogen and oxygen atoms in total. The number of nitrogens with zero attached hydrogens (tertiary/aromatic N) is 2. The van der Waals surface area contributed by atoms with Gasteiger partial charge in [-0.15, -0.1) is 0 Å². The first-order valence-electron chi connectivity index (χ1n) is 5.49. The van der Waals surface area contributed by atoms with Crippen molar-refractivity contribution in [1.82, 2.24) is 15.5 Å². The largest absolute Gasteiger partial charge is 0.394 e. The summed E-state index contributed by atoms with van der Waals surface area (Å²) in [5.74, 6) is 0.965. The molecular formula is C11H15N3O3S. The Balaban J connectivity index is 1.99. The van der Waals surface area contributed by atoms with Gasteiger partial charge < -0.3 is 20.1 Å². The van der Waals surface area contributed by atoms with Gasteiger partial charge in [-0.3, -0.25) is 0 Å². The summed E-state index contributed by atoms with van der Waals surface area (Å²) in [6.45, 7) is 1.70. The van der Waals surface area contributed by atoms with Crippen molar-refractivity contribution in [2.24, 2.45) is 0 Å². The Labute approximate surface area is 108 Å². The zero-order valence-corrected chi connectivity index (χ0v) is 10.8. The molecule has 0 aliphatic rings. The Morgan fingerprint density at radius 1 is 1.44 bits per heavy atom. The van der Waals surface area contributed by atoms with E-state index in [1.165, 1.54) is 0 Å². The molecule has 2 rings (SSSR count). The Morgan fingerprint density at radius 3 is 2.83 bits per heavy atom. The molecule has 0 fully saturated rings. The highest BCUT2D eigenvalue weighted by molar-refractivity contribution is 7.08. The average molecular weight is 269 g/mol. The highest BCUT2D eigenvalue weighted by Crippen LogP contribution is 2.19. The predicted molar refractivity (Wildman–Crippen MR) is 67.0 cm³/mol. The Bertz CT molecular complexity index is 479. The summed E-state index contributed by atoms with van der Waals surface area (Å²) in [7, 11) is 0. The smallest absolute Gasteiger partial charge is 0.258 e. The van der Waals surface area contributed by atoms with E-state index in [-0.39, 0.29) is 13.2 Å². The van der Waals surface area contributed by atoms with Crippen LogP contribution >= 0.6 is 11.3 Å². The molecule has 0 radical (unpaired) electrons. The van der Waals surface area contributed by atoms with Gasteiger partial charge in [0.2, 0.25) is 0 Å². The van der Waals surface area contributed by atoms with Crippen LogP contribution in [-0.2, 0) is 6.54 Å². The van der Waals surface area contributed by atoms with Gasteiger partial charge in [0.25, 0.3) is 5.89 Å². The molecule has 0 saturated heterocycles. The summed E-state index contributed by atoms with van der Waals surface area (Å²) in [5.41, 5.74) is 0.147. The molecule has 3 N–H and O–H groups in total. The zero-order chi connectivity index (χ0) is 13.0. The van der Waals surface area contributed by atoms with E-state index in [4.69, 9.17) is 14.7 Å². The first-order valence-corrected chi connectivity index (χ1v) is 6.43. The third kappa shape index (κ3) is 2.94. The highest BCUT2D eigenvalue weighted by atomic mass is 32.1. The molecule has 98 valence electrons. The number of hydrogen-bond donors (Lipinski definition) is 3. The molecule has 0 aliphatic heterocycles. The van der Waals surface area contributed by atoms with Crippen molar-refractivity contribution in [3.8, 4) is 11.5 Å². The fourth-order valence-electron chi connectivity index (χ4n) is 1.28. The lowest BCUT2D eigenvalue weighted by Gasteiger charge is -2.25. The van der Waals surface area contributed by atoms with Crippen LogP contribution in [0.4, 0.5) is 0 Å². The van der Waals surface area contributed by atoms with Crippen molar-refractivity contribution in [3.63, 3.8) is 0 Å². The van der Waals surface area contributed by atoms with Crippen LogP contribution in [0.1, 0.15) is 12.7 Å². The Hall–Kier alpha value is -1.28. The predicted octanol–water partition coefficient (Wildman–Crippen LogP) is 0.631. The fraction of sp³-hybridized carbons (Fsp3) is 0.455. The Morgan fingerprint density at radius 2 is 2.22 bits per heavy atom. The van der Waals surface area contributed by atoms with Crippen LogP contribution in [0.15, 0.2) is 21.3 Å². The van der Waals surface area contributed by atoms with Crippen LogP contribution in [0, 0.1) is 0 Å². The first kappa shape index (κ1) is 13.2. The summed E-state index contributed by atoms with van der Waals surface area (Å²) >= 11 is 1.56. The van der Waals surface area contributed by atoms with Gasteiger partial charge in [-0.05, 0) is 18.4 Å². The van der Waals surface area contributed by atoms with E-state index >= 15 is 0 Å². The molecule has 0 aliphatic carbocycles. The highest BCUT2D eigenvalue weighted by Gasteiger charge is 2.22. The average Bonchev–Trinajstić information content (AvgIpc) is 3.06. The second kappa shape index (κ2) is 5.57. The van der Waals surface area contributed by atoms with Crippen molar-refractivity contribution in [2.75, 3.05) is 13.2 Å². The van der Waals surface area contributed by atoms with Gasteiger partial charge in [0.05, 0.1) is 30.9 Å². The molecule has 7 heteroatoms. The molecule has 0 saturated carbocycles. The maximum Gasteiger partial charge on any atom is 0.258 e. The van der Waals surface area contributed by atoms with Crippen molar-refractivity contribution >= 4 is 11.3 Å². The number of thiophene rings is 1. The quantitative estimate of drug-likeness (QED) is 0.712. The van der Waals surface area contributed by atoms with Crippen molar-refractivity contribution < 1.29 is 14.7 Å². The number of rotatable bonds is 6. The third-order valence-electron chi connectivity index (χ3n) is 2.61. The van der Waals surface area contributed by atoms with Gasteiger partial charge >= 0.3 is 0 Å². The second-order valence-corrected chi connectivity index (χ2v) is 5.04. The second-order valence-electron chi connectivity index (χ2n) is 4.26. The minimum atomic E-state index is -0.747. The summed E-state index contributed by atoms with van der Waals surface area (Å²) in [4.78, 5) is 4.23. The van der Waals surface area contributed by atoms with E-state index in [0.29, 0.717) is 18.3 Å².